The van der Waals surface area contributed by atoms with E-state index in [9.17, 15) is 9.59 Å². The molecule has 2 aromatic carbocycles. The monoisotopic (exact) mass is 526 g/mol. The van der Waals surface area contributed by atoms with Crippen molar-refractivity contribution in [2.75, 3.05) is 27.4 Å². The number of carbonyl (C=O) groups excluding carboxylic acids is 2. The van der Waals surface area contributed by atoms with Crippen molar-refractivity contribution < 1.29 is 38.0 Å². The molecule has 2 aliphatic rings. The van der Waals surface area contributed by atoms with Crippen LogP contribution in [0, 0.1) is 23.7 Å². The van der Waals surface area contributed by atoms with Gasteiger partial charge in [-0.1, -0.05) is 39.8 Å². The molecule has 206 valence electrons. The van der Waals surface area contributed by atoms with Gasteiger partial charge in [-0.25, -0.2) is 0 Å². The zero-order chi connectivity index (χ0) is 27.4. The highest BCUT2D eigenvalue weighted by atomic mass is 16.6. The third-order valence-electron chi connectivity index (χ3n) is 6.89. The van der Waals surface area contributed by atoms with Gasteiger partial charge in [-0.2, -0.15) is 0 Å². The van der Waals surface area contributed by atoms with Crippen LogP contribution in [0.25, 0.3) is 0 Å². The Bertz CT molecular complexity index is 1050. The minimum Gasteiger partial charge on any atom is -0.493 e. The van der Waals surface area contributed by atoms with Crippen molar-refractivity contribution in [1.29, 1.82) is 0 Å². The van der Waals surface area contributed by atoms with Crippen molar-refractivity contribution in [2.45, 2.75) is 52.7 Å². The van der Waals surface area contributed by atoms with Gasteiger partial charge in [0, 0.05) is 24.7 Å². The molecule has 0 N–H and O–H groups in total. The lowest BCUT2D eigenvalue weighted by molar-refractivity contribution is -0.136. The van der Waals surface area contributed by atoms with Crippen LogP contribution in [0.15, 0.2) is 36.4 Å². The first-order valence-corrected chi connectivity index (χ1v) is 13.2. The number of esters is 2. The number of ether oxygens (including phenoxy) is 6. The van der Waals surface area contributed by atoms with E-state index in [2.05, 4.69) is 0 Å². The highest BCUT2D eigenvalue weighted by molar-refractivity contribution is 5.74. The summed E-state index contributed by atoms with van der Waals surface area (Å²) >= 11 is 0. The molecule has 0 saturated carbocycles. The van der Waals surface area contributed by atoms with Gasteiger partial charge in [0.25, 0.3) is 0 Å². The molecule has 38 heavy (non-hydrogen) atoms. The minimum absolute atomic E-state index is 0.147. The summed E-state index contributed by atoms with van der Waals surface area (Å²) in [4.78, 5) is 24.3. The topological polar surface area (TPSA) is 89.5 Å². The minimum atomic E-state index is -0.286. The SMILES string of the molecule is COc1cc(C2OCC3C(c4ccc(OC(=O)CC(C)C)c(OC)c4)OCC23)ccc1OC(=O)CC(C)C. The lowest BCUT2D eigenvalue weighted by atomic mass is 9.85. The van der Waals surface area contributed by atoms with E-state index in [1.165, 1.54) is 0 Å². The summed E-state index contributed by atoms with van der Waals surface area (Å²) in [5.41, 5.74) is 1.90. The first kappa shape index (κ1) is 27.9. The van der Waals surface area contributed by atoms with E-state index in [0.717, 1.165) is 11.1 Å². The van der Waals surface area contributed by atoms with E-state index < -0.39 is 0 Å². The van der Waals surface area contributed by atoms with Crippen molar-refractivity contribution in [3.63, 3.8) is 0 Å². The average molecular weight is 527 g/mol. The Morgan fingerprint density at radius 2 is 1.11 bits per heavy atom. The zero-order valence-corrected chi connectivity index (χ0v) is 23.0. The molecule has 0 aromatic heterocycles. The predicted octanol–water partition coefficient (Wildman–Crippen LogP) is 5.68. The summed E-state index contributed by atoms with van der Waals surface area (Å²) in [5.74, 6) is 1.94. The second-order valence-corrected chi connectivity index (χ2v) is 10.8. The maximum Gasteiger partial charge on any atom is 0.311 e. The molecule has 0 amide bonds. The molecule has 2 fully saturated rings. The van der Waals surface area contributed by atoms with Gasteiger partial charge >= 0.3 is 11.9 Å². The second kappa shape index (κ2) is 12.2. The summed E-state index contributed by atoms with van der Waals surface area (Å²) in [5, 5.41) is 0. The molecule has 0 radical (unpaired) electrons. The Kier molecular flexibility index (Phi) is 8.95. The molecule has 4 rings (SSSR count). The van der Waals surface area contributed by atoms with Crippen molar-refractivity contribution in [2.24, 2.45) is 23.7 Å². The van der Waals surface area contributed by atoms with Gasteiger partial charge in [0.05, 0.1) is 39.6 Å². The van der Waals surface area contributed by atoms with Crippen LogP contribution >= 0.6 is 0 Å². The third-order valence-corrected chi connectivity index (χ3v) is 6.89. The van der Waals surface area contributed by atoms with Gasteiger partial charge in [-0.15, -0.1) is 0 Å². The largest absolute Gasteiger partial charge is 0.493 e. The molecular formula is C30H38O8. The number of fused-ring (bicyclic) bond motifs is 1. The van der Waals surface area contributed by atoms with Gasteiger partial charge in [-0.3, -0.25) is 9.59 Å². The Labute approximate surface area is 224 Å². The fourth-order valence-electron chi connectivity index (χ4n) is 5.12. The highest BCUT2D eigenvalue weighted by Crippen LogP contribution is 2.51. The zero-order valence-electron chi connectivity index (χ0n) is 23.0. The van der Waals surface area contributed by atoms with Crippen LogP contribution < -0.4 is 18.9 Å². The lowest BCUT2D eigenvalue weighted by Crippen LogP contribution is -2.15. The molecule has 2 aromatic rings. The number of hydrogen-bond donors (Lipinski definition) is 0. The number of carbonyl (C=O) groups is 2. The van der Waals surface area contributed by atoms with Crippen molar-refractivity contribution in [3.05, 3.63) is 47.5 Å². The van der Waals surface area contributed by atoms with Gasteiger partial charge in [0.1, 0.15) is 0 Å². The second-order valence-electron chi connectivity index (χ2n) is 10.8. The maximum atomic E-state index is 12.2. The van der Waals surface area contributed by atoms with Crippen LogP contribution in [0.3, 0.4) is 0 Å². The Morgan fingerprint density at radius 1 is 0.711 bits per heavy atom. The molecule has 4 atom stereocenters. The van der Waals surface area contributed by atoms with E-state index in [4.69, 9.17) is 28.4 Å². The quantitative estimate of drug-likeness (QED) is 0.289. The van der Waals surface area contributed by atoms with E-state index in [1.807, 2.05) is 52.0 Å². The molecule has 2 saturated heterocycles. The molecule has 4 unspecified atom stereocenters. The molecule has 2 heterocycles. The molecule has 8 nitrogen and oxygen atoms in total. The predicted molar refractivity (Wildman–Crippen MR) is 141 cm³/mol. The van der Waals surface area contributed by atoms with Crippen LogP contribution in [0.4, 0.5) is 0 Å². The van der Waals surface area contributed by atoms with Crippen molar-refractivity contribution in [1.82, 2.24) is 0 Å². The van der Waals surface area contributed by atoms with Crippen LogP contribution in [0.2, 0.25) is 0 Å². The van der Waals surface area contributed by atoms with Gasteiger partial charge in [0.15, 0.2) is 23.0 Å². The van der Waals surface area contributed by atoms with Crippen LogP contribution in [0.5, 0.6) is 23.0 Å². The Morgan fingerprint density at radius 3 is 1.45 bits per heavy atom. The summed E-state index contributed by atoms with van der Waals surface area (Å²) < 4.78 is 34.6. The molecular weight excluding hydrogens is 488 g/mol. The van der Waals surface area contributed by atoms with Crippen LogP contribution in [-0.4, -0.2) is 39.4 Å². The lowest BCUT2D eigenvalue weighted by Gasteiger charge is -2.19. The van der Waals surface area contributed by atoms with Crippen LogP contribution in [0.1, 0.15) is 63.9 Å². The van der Waals surface area contributed by atoms with E-state index >= 15 is 0 Å². The number of methoxy groups -OCH3 is 2. The van der Waals surface area contributed by atoms with E-state index in [1.54, 1.807) is 26.4 Å². The summed E-state index contributed by atoms with van der Waals surface area (Å²) in [6.07, 6.45) is 0.339. The molecule has 8 heteroatoms. The Balaban J connectivity index is 1.47. The number of benzene rings is 2. The number of hydrogen-bond acceptors (Lipinski definition) is 8. The third kappa shape index (κ3) is 6.30. The fraction of sp³-hybridized carbons (Fsp3) is 0.533. The molecule has 2 aliphatic heterocycles. The van der Waals surface area contributed by atoms with Crippen molar-refractivity contribution in [3.8, 4) is 23.0 Å². The average Bonchev–Trinajstić information content (AvgIpc) is 3.46. The van der Waals surface area contributed by atoms with Gasteiger partial charge < -0.3 is 28.4 Å². The Hall–Kier alpha value is -3.10. The number of rotatable bonds is 10. The van der Waals surface area contributed by atoms with E-state index in [0.29, 0.717) is 49.1 Å². The summed E-state index contributed by atoms with van der Waals surface area (Å²) in [6.45, 7) is 8.97. The van der Waals surface area contributed by atoms with E-state index in [-0.39, 0.29) is 47.8 Å². The summed E-state index contributed by atoms with van der Waals surface area (Å²) in [7, 11) is 3.12. The molecule has 0 spiro atoms. The van der Waals surface area contributed by atoms with Crippen LogP contribution in [-0.2, 0) is 19.1 Å². The summed E-state index contributed by atoms with van der Waals surface area (Å²) in [6, 6.07) is 11.1. The first-order chi connectivity index (χ1) is 18.2. The fourth-order valence-corrected chi connectivity index (χ4v) is 5.12. The van der Waals surface area contributed by atoms with Crippen molar-refractivity contribution >= 4 is 11.9 Å². The molecule has 0 bridgehead atoms. The normalized spacial score (nSPS) is 22.4. The smallest absolute Gasteiger partial charge is 0.311 e. The van der Waals surface area contributed by atoms with Gasteiger partial charge in [0.2, 0.25) is 0 Å². The standard InChI is InChI=1S/C30H38O8/c1-17(2)11-27(31)37-23-9-7-19(13-25(23)33-5)29-21-15-36-30(22(21)16-35-29)20-8-10-24(26(14-20)34-6)38-28(32)12-18(3)4/h7-10,13-14,17-18,21-22,29-30H,11-12,15-16H2,1-6H3. The first-order valence-electron chi connectivity index (χ1n) is 13.2. The molecule has 0 aliphatic carbocycles. The highest BCUT2D eigenvalue weighted by Gasteiger charge is 2.48. The van der Waals surface area contributed by atoms with Gasteiger partial charge in [-0.05, 0) is 47.2 Å². The maximum absolute atomic E-state index is 12.2.